The molecular weight excluding hydrogens is 314 g/mol. The van der Waals surface area contributed by atoms with Crippen LogP contribution in [0.3, 0.4) is 0 Å². The normalized spacial score (nSPS) is 21.5. The highest BCUT2D eigenvalue weighted by atomic mass is 35.5. The summed E-state index contributed by atoms with van der Waals surface area (Å²) in [4.78, 5) is 13.7. The minimum Gasteiger partial charge on any atom is -0.494 e. The van der Waals surface area contributed by atoms with E-state index in [1.54, 1.807) is 6.92 Å². The Morgan fingerprint density at radius 3 is 2.35 bits per heavy atom. The van der Waals surface area contributed by atoms with Gasteiger partial charge in [0.25, 0.3) is 0 Å². The Bertz CT molecular complexity index is 468. The van der Waals surface area contributed by atoms with Gasteiger partial charge in [-0.05, 0) is 64.4 Å². The highest BCUT2D eigenvalue weighted by molar-refractivity contribution is 5.94. The molecule has 1 heterocycles. The number of unbranched alkanes of at least 4 members (excludes halogenated alkanes) is 1. The maximum Gasteiger partial charge on any atom is 0.159 e. The predicted molar refractivity (Wildman–Crippen MR) is 94.9 cm³/mol. The van der Waals surface area contributed by atoms with E-state index >= 15 is 0 Å². The monoisotopic (exact) mass is 341 g/mol. The number of hydrogen-bond acceptors (Lipinski definition) is 4. The fourth-order valence-electron chi connectivity index (χ4n) is 2.88. The van der Waals surface area contributed by atoms with Gasteiger partial charge < -0.3 is 9.47 Å². The molecule has 2 unspecified atom stereocenters. The van der Waals surface area contributed by atoms with Crippen LogP contribution in [0.25, 0.3) is 0 Å². The Hall–Kier alpha value is -1.10. The van der Waals surface area contributed by atoms with E-state index < -0.39 is 0 Å². The molecule has 1 aromatic rings. The number of benzene rings is 1. The average Bonchev–Trinajstić information content (AvgIpc) is 2.46. The Balaban J connectivity index is 0.00000264. The van der Waals surface area contributed by atoms with Gasteiger partial charge in [-0.25, -0.2) is 0 Å². The molecule has 130 valence electrons. The van der Waals surface area contributed by atoms with Crippen LogP contribution in [0.4, 0.5) is 0 Å². The van der Waals surface area contributed by atoms with Gasteiger partial charge in [0.1, 0.15) is 5.75 Å². The second-order valence-electron chi connectivity index (χ2n) is 6.15. The first-order valence-electron chi connectivity index (χ1n) is 8.16. The van der Waals surface area contributed by atoms with Crippen LogP contribution in [0.2, 0.25) is 0 Å². The van der Waals surface area contributed by atoms with E-state index in [0.717, 1.165) is 50.4 Å². The molecular formula is C18H28ClNO3. The summed E-state index contributed by atoms with van der Waals surface area (Å²) in [5.74, 6) is 0.916. The van der Waals surface area contributed by atoms with Crippen molar-refractivity contribution in [2.24, 2.45) is 0 Å². The lowest BCUT2D eigenvalue weighted by Crippen LogP contribution is -2.45. The minimum atomic E-state index is 0. The van der Waals surface area contributed by atoms with Crippen molar-refractivity contribution >= 4 is 18.2 Å². The SMILES string of the molecule is CC(=O)c1ccc(OCCCCN2CC(C)OC(C)C2)cc1.Cl. The van der Waals surface area contributed by atoms with Gasteiger partial charge in [0.15, 0.2) is 5.78 Å². The number of morpholine rings is 1. The van der Waals surface area contributed by atoms with Crippen LogP contribution in [0.5, 0.6) is 5.75 Å². The molecule has 0 amide bonds. The van der Waals surface area contributed by atoms with Crippen LogP contribution < -0.4 is 4.74 Å². The topological polar surface area (TPSA) is 38.8 Å². The summed E-state index contributed by atoms with van der Waals surface area (Å²) in [7, 11) is 0. The molecule has 0 bridgehead atoms. The first kappa shape index (κ1) is 19.9. The van der Waals surface area contributed by atoms with Gasteiger partial charge in [0.05, 0.1) is 18.8 Å². The third kappa shape index (κ3) is 6.90. The molecule has 1 fully saturated rings. The molecule has 2 atom stereocenters. The Morgan fingerprint density at radius 2 is 1.78 bits per heavy atom. The number of nitrogens with zero attached hydrogens (tertiary/aromatic N) is 1. The zero-order chi connectivity index (χ0) is 15.9. The van der Waals surface area contributed by atoms with Crippen LogP contribution in [0.15, 0.2) is 24.3 Å². The van der Waals surface area contributed by atoms with Crippen molar-refractivity contribution in [3.63, 3.8) is 0 Å². The van der Waals surface area contributed by atoms with Crippen LogP contribution in [0, 0.1) is 0 Å². The van der Waals surface area contributed by atoms with Gasteiger partial charge in [-0.15, -0.1) is 12.4 Å². The molecule has 1 saturated heterocycles. The fourth-order valence-corrected chi connectivity index (χ4v) is 2.88. The summed E-state index contributed by atoms with van der Waals surface area (Å²) in [5.41, 5.74) is 0.725. The number of ether oxygens (including phenoxy) is 2. The quantitative estimate of drug-likeness (QED) is 0.561. The summed E-state index contributed by atoms with van der Waals surface area (Å²) in [6.45, 7) is 9.71. The molecule has 0 aliphatic carbocycles. The van der Waals surface area contributed by atoms with Gasteiger partial charge in [-0.2, -0.15) is 0 Å². The van der Waals surface area contributed by atoms with E-state index in [1.807, 2.05) is 24.3 Å². The van der Waals surface area contributed by atoms with Crippen molar-refractivity contribution in [3.05, 3.63) is 29.8 Å². The molecule has 0 N–H and O–H groups in total. The number of rotatable bonds is 7. The summed E-state index contributed by atoms with van der Waals surface area (Å²) in [6.07, 6.45) is 2.83. The highest BCUT2D eigenvalue weighted by Crippen LogP contribution is 2.14. The molecule has 1 aromatic carbocycles. The molecule has 1 aliphatic heterocycles. The lowest BCUT2D eigenvalue weighted by molar-refractivity contribution is -0.0682. The molecule has 5 heteroatoms. The Labute approximate surface area is 145 Å². The molecule has 4 nitrogen and oxygen atoms in total. The fraction of sp³-hybridized carbons (Fsp3) is 0.611. The van der Waals surface area contributed by atoms with Crippen molar-refractivity contribution in [1.82, 2.24) is 4.90 Å². The summed E-state index contributed by atoms with van der Waals surface area (Å²) >= 11 is 0. The van der Waals surface area contributed by atoms with E-state index in [4.69, 9.17) is 9.47 Å². The van der Waals surface area contributed by atoms with Crippen LogP contribution in [-0.2, 0) is 4.74 Å². The predicted octanol–water partition coefficient (Wildman–Crippen LogP) is 3.58. The maximum absolute atomic E-state index is 11.2. The lowest BCUT2D eigenvalue weighted by Gasteiger charge is -2.35. The van der Waals surface area contributed by atoms with Gasteiger partial charge in [-0.3, -0.25) is 9.69 Å². The number of halogens is 1. The van der Waals surface area contributed by atoms with E-state index in [9.17, 15) is 4.79 Å². The largest absolute Gasteiger partial charge is 0.494 e. The molecule has 0 aromatic heterocycles. The van der Waals surface area contributed by atoms with Crippen LogP contribution in [-0.4, -0.2) is 49.1 Å². The summed E-state index contributed by atoms with van der Waals surface area (Å²) in [5, 5.41) is 0. The van der Waals surface area contributed by atoms with E-state index in [0.29, 0.717) is 12.2 Å². The Morgan fingerprint density at radius 1 is 1.17 bits per heavy atom. The van der Waals surface area contributed by atoms with Crippen molar-refractivity contribution < 1.29 is 14.3 Å². The van der Waals surface area contributed by atoms with Crippen molar-refractivity contribution in [3.8, 4) is 5.75 Å². The molecule has 0 spiro atoms. The second-order valence-corrected chi connectivity index (χ2v) is 6.15. The second kappa shape index (κ2) is 9.91. The first-order chi connectivity index (χ1) is 10.5. The van der Waals surface area contributed by atoms with Crippen molar-refractivity contribution in [2.45, 2.75) is 45.8 Å². The zero-order valence-electron chi connectivity index (χ0n) is 14.3. The van der Waals surface area contributed by atoms with Gasteiger partial charge >= 0.3 is 0 Å². The number of ketones is 1. The van der Waals surface area contributed by atoms with E-state index in [2.05, 4.69) is 18.7 Å². The summed E-state index contributed by atoms with van der Waals surface area (Å²) < 4.78 is 11.5. The van der Waals surface area contributed by atoms with Crippen LogP contribution in [0.1, 0.15) is 44.0 Å². The van der Waals surface area contributed by atoms with Gasteiger partial charge in [0.2, 0.25) is 0 Å². The number of hydrogen-bond donors (Lipinski definition) is 0. The number of carbonyl (C=O) groups excluding carboxylic acids is 1. The number of carbonyl (C=O) groups is 1. The molecule has 23 heavy (non-hydrogen) atoms. The summed E-state index contributed by atoms with van der Waals surface area (Å²) in [6, 6.07) is 7.35. The first-order valence-corrected chi connectivity index (χ1v) is 8.16. The lowest BCUT2D eigenvalue weighted by atomic mass is 10.1. The smallest absolute Gasteiger partial charge is 0.159 e. The highest BCUT2D eigenvalue weighted by Gasteiger charge is 2.21. The number of Topliss-reactive ketones (excluding diaryl/α,β-unsaturated/α-hetero) is 1. The zero-order valence-corrected chi connectivity index (χ0v) is 15.1. The van der Waals surface area contributed by atoms with Gasteiger partial charge in [0, 0.05) is 18.7 Å². The molecule has 0 radical (unpaired) electrons. The van der Waals surface area contributed by atoms with Crippen LogP contribution >= 0.6 is 12.4 Å². The third-order valence-electron chi connectivity index (χ3n) is 3.89. The minimum absolute atomic E-state index is 0. The standard InChI is InChI=1S/C18H27NO3.ClH/c1-14-12-19(13-15(2)22-14)10-4-5-11-21-18-8-6-17(7-9-18)16(3)20;/h6-9,14-15H,4-5,10-13H2,1-3H3;1H. The molecule has 0 saturated carbocycles. The third-order valence-corrected chi connectivity index (χ3v) is 3.89. The van der Waals surface area contributed by atoms with Gasteiger partial charge in [-0.1, -0.05) is 0 Å². The van der Waals surface area contributed by atoms with E-state index in [-0.39, 0.29) is 18.2 Å². The van der Waals surface area contributed by atoms with Crippen molar-refractivity contribution in [2.75, 3.05) is 26.2 Å². The van der Waals surface area contributed by atoms with Crippen molar-refractivity contribution in [1.29, 1.82) is 0 Å². The average molecular weight is 342 g/mol. The Kier molecular flexibility index (Phi) is 8.59. The molecule has 2 rings (SSSR count). The molecule has 1 aliphatic rings. The van der Waals surface area contributed by atoms with E-state index in [1.165, 1.54) is 0 Å². The maximum atomic E-state index is 11.2.